The van der Waals surface area contributed by atoms with Crippen LogP contribution < -0.4 is 24.8 Å². The molecule has 0 aromatic heterocycles. The van der Waals surface area contributed by atoms with E-state index in [1.807, 2.05) is 0 Å². The summed E-state index contributed by atoms with van der Waals surface area (Å²) in [5, 5.41) is 2.42. The van der Waals surface area contributed by atoms with E-state index in [9.17, 15) is 0 Å². The molecule has 0 aliphatic heterocycles. The fourth-order valence-corrected chi connectivity index (χ4v) is 14.8. The van der Waals surface area contributed by atoms with E-state index in [1.54, 1.807) is 16.4 Å². The molecule has 30 heavy (non-hydrogen) atoms. The largest absolute Gasteiger partial charge is 1.00 e. The van der Waals surface area contributed by atoms with Crippen LogP contribution in [0, 0.1) is 0 Å². The molecule has 0 nitrogen and oxygen atoms in total. The number of fused-ring (bicyclic) bond motifs is 2. The predicted molar refractivity (Wildman–Crippen MR) is 122 cm³/mol. The molecule has 0 saturated heterocycles. The van der Waals surface area contributed by atoms with Crippen molar-refractivity contribution in [1.82, 2.24) is 0 Å². The Kier molecular flexibility index (Phi) is 8.47. The summed E-state index contributed by atoms with van der Waals surface area (Å²) in [5.74, 6) is 0. The van der Waals surface area contributed by atoms with E-state index in [0.29, 0.717) is 17.6 Å². The zero-order chi connectivity index (χ0) is 20.1. The molecular weight excluding hydrogens is 505 g/mol. The first kappa shape index (κ1) is 26.1. The number of allylic oxidation sites excluding steroid dienone is 2. The molecule has 2 atom stereocenters. The maximum atomic E-state index is 2.59. The molecule has 0 bridgehead atoms. The fraction of sp³-hybridized carbons (Fsp3) is 0.385. The van der Waals surface area contributed by atoms with E-state index in [1.165, 1.54) is 11.1 Å². The van der Waals surface area contributed by atoms with E-state index in [4.69, 9.17) is 0 Å². The van der Waals surface area contributed by atoms with Gasteiger partial charge in [0.25, 0.3) is 0 Å². The van der Waals surface area contributed by atoms with Crippen LogP contribution in [0.15, 0.2) is 59.9 Å². The van der Waals surface area contributed by atoms with Crippen LogP contribution in [0.5, 0.6) is 0 Å². The van der Waals surface area contributed by atoms with Crippen molar-refractivity contribution in [1.29, 1.82) is 0 Å². The Morgan fingerprint density at radius 1 is 0.733 bits per heavy atom. The van der Waals surface area contributed by atoms with Crippen molar-refractivity contribution in [3.63, 3.8) is 0 Å². The number of rotatable bonds is 3. The molecule has 2 aliphatic carbocycles. The number of hydrogen-bond acceptors (Lipinski definition) is 0. The minimum absolute atomic E-state index is 0. The molecule has 4 heteroatoms. The summed E-state index contributed by atoms with van der Waals surface area (Å²) < 4.78 is 1.39. The monoisotopic (exact) mass is 534 g/mol. The Hall–Kier alpha value is -0.187. The Morgan fingerprint density at radius 3 is 1.87 bits per heavy atom. The van der Waals surface area contributed by atoms with Crippen LogP contribution in [-0.4, -0.2) is 10.3 Å². The molecule has 2 aromatic carbocycles. The first-order valence-corrected chi connectivity index (χ1v) is 14.5. The molecule has 4 rings (SSSR count). The van der Waals surface area contributed by atoms with Gasteiger partial charge in [-0.05, 0) is 0 Å². The van der Waals surface area contributed by atoms with Crippen molar-refractivity contribution in [2.75, 3.05) is 0 Å². The summed E-state index contributed by atoms with van der Waals surface area (Å²) in [6.45, 7) is 14.8. The second-order valence-corrected chi connectivity index (χ2v) is 17.6. The number of hydrogen-bond donors (Lipinski definition) is 0. The van der Waals surface area contributed by atoms with Crippen molar-refractivity contribution in [3.05, 3.63) is 82.2 Å². The van der Waals surface area contributed by atoms with Gasteiger partial charge < -0.3 is 24.8 Å². The van der Waals surface area contributed by atoms with Crippen LogP contribution >= 0.6 is 7.92 Å². The van der Waals surface area contributed by atoms with Gasteiger partial charge in [0.2, 0.25) is 0 Å². The average Bonchev–Trinajstić information content (AvgIpc) is 3.15. The van der Waals surface area contributed by atoms with Crippen LogP contribution in [0.3, 0.4) is 0 Å². The molecule has 158 valence electrons. The van der Waals surface area contributed by atoms with Gasteiger partial charge in [-0.3, -0.25) is 0 Å². The second-order valence-electron chi connectivity index (χ2n) is 9.94. The van der Waals surface area contributed by atoms with Gasteiger partial charge in [-0.2, -0.15) is 0 Å². The Balaban J connectivity index is 0.00000160. The molecule has 2 aromatic rings. The molecule has 0 fully saturated rings. The Morgan fingerprint density at radius 2 is 1.27 bits per heavy atom. The minimum Gasteiger partial charge on any atom is -1.00 e. The van der Waals surface area contributed by atoms with Crippen LogP contribution in [0.4, 0.5) is 0 Å². The maximum Gasteiger partial charge on any atom is -1.00 e. The summed E-state index contributed by atoms with van der Waals surface area (Å²) in [6.07, 6.45) is 7.46. The van der Waals surface area contributed by atoms with Crippen molar-refractivity contribution in [3.8, 4) is 0 Å². The number of benzene rings is 2. The third kappa shape index (κ3) is 5.07. The molecule has 2 aliphatic rings. The zero-order valence-electron chi connectivity index (χ0n) is 18.7. The predicted octanol–water partition coefficient (Wildman–Crippen LogP) is 2.02. The standard InChI is InChI=1S/C17H24P.C9H7.2ClH.Zr/c1-16(2,3)18(17(4,5)6)15-11-13-9-7-8-10-14(13)12-15;1-2-5-9-7-3-6-8(9)4-1;;;/h7-12H,1-6H3;1-7H;2*1H;/q;;;;+2/p-2. The Labute approximate surface area is 208 Å². The van der Waals surface area contributed by atoms with Crippen molar-refractivity contribution in [2.24, 2.45) is 0 Å². The van der Waals surface area contributed by atoms with Crippen LogP contribution in [0.2, 0.25) is 0 Å². The van der Waals surface area contributed by atoms with Crippen molar-refractivity contribution in [2.45, 2.75) is 59.1 Å². The van der Waals surface area contributed by atoms with Gasteiger partial charge in [0.1, 0.15) is 0 Å². The average molecular weight is 537 g/mol. The van der Waals surface area contributed by atoms with E-state index in [-0.39, 0.29) is 32.7 Å². The van der Waals surface area contributed by atoms with Crippen molar-refractivity contribution < 1.29 is 48.0 Å². The zero-order valence-corrected chi connectivity index (χ0v) is 23.6. The molecule has 0 saturated carbocycles. The normalized spacial score (nSPS) is 19.4. The van der Waals surface area contributed by atoms with Gasteiger partial charge in [0.05, 0.1) is 0 Å². The molecule has 0 amide bonds. The first-order chi connectivity index (χ1) is 13.2. The van der Waals surface area contributed by atoms with Crippen LogP contribution in [0.25, 0.3) is 12.2 Å². The van der Waals surface area contributed by atoms with E-state index < -0.39 is 23.2 Å². The second kappa shape index (κ2) is 9.75. The SMILES string of the molecule is CC(C)(C)P(C1=Cc2ccccc2[CH]1[Zr+2][CH]1C=Cc2ccccc21)C(C)(C)C.[Cl-].[Cl-]. The van der Waals surface area contributed by atoms with E-state index in [0.717, 1.165) is 0 Å². The molecule has 0 N–H and O–H groups in total. The third-order valence-electron chi connectivity index (χ3n) is 5.65. The van der Waals surface area contributed by atoms with E-state index >= 15 is 0 Å². The van der Waals surface area contributed by atoms with Crippen LogP contribution in [0.1, 0.15) is 71.0 Å². The molecule has 0 heterocycles. The van der Waals surface area contributed by atoms with Gasteiger partial charge in [-0.1, -0.05) is 0 Å². The van der Waals surface area contributed by atoms with Gasteiger partial charge in [0, 0.05) is 0 Å². The third-order valence-corrected chi connectivity index (χ3v) is 14.3. The summed E-state index contributed by atoms with van der Waals surface area (Å²) in [6, 6.07) is 18.2. The van der Waals surface area contributed by atoms with Gasteiger partial charge in [-0.15, -0.1) is 0 Å². The molecule has 0 radical (unpaired) electrons. The maximum absolute atomic E-state index is 2.59. The fourth-order valence-electron chi connectivity index (χ4n) is 5.03. The Bertz CT molecular complexity index is 936. The summed E-state index contributed by atoms with van der Waals surface area (Å²) in [4.78, 5) is 0. The van der Waals surface area contributed by atoms with Gasteiger partial charge in [-0.25, -0.2) is 0 Å². The summed E-state index contributed by atoms with van der Waals surface area (Å²) in [7, 11) is -0.238. The smallest absolute Gasteiger partial charge is 1.00 e. The van der Waals surface area contributed by atoms with Gasteiger partial charge in [0.15, 0.2) is 0 Å². The quantitative estimate of drug-likeness (QED) is 0.527. The summed E-state index contributed by atoms with van der Waals surface area (Å²) in [5.41, 5.74) is 6.12. The van der Waals surface area contributed by atoms with E-state index in [2.05, 4.69) is 108 Å². The molecule has 2 unspecified atom stereocenters. The first-order valence-electron chi connectivity index (χ1n) is 10.3. The molecule has 0 spiro atoms. The summed E-state index contributed by atoms with van der Waals surface area (Å²) >= 11 is -0.752. The minimum atomic E-state index is -0.752. The topological polar surface area (TPSA) is 0 Å². The van der Waals surface area contributed by atoms with Crippen LogP contribution in [-0.2, 0) is 23.2 Å². The molecular formula is C26H31Cl2PZr. The van der Waals surface area contributed by atoms with Crippen molar-refractivity contribution >= 4 is 20.1 Å². The van der Waals surface area contributed by atoms with Gasteiger partial charge >= 0.3 is 185 Å². The number of halogens is 2.